The van der Waals surface area contributed by atoms with Crippen LogP contribution in [-0.2, 0) is 11.3 Å². The van der Waals surface area contributed by atoms with E-state index in [9.17, 15) is 32.3 Å². The Hall–Kier alpha value is -4.05. The highest BCUT2D eigenvalue weighted by Gasteiger charge is 2.58. The number of aliphatic hydroxyl groups is 1. The number of hydrogen-bond acceptors (Lipinski definition) is 9. The first-order valence-electron chi connectivity index (χ1n) is 14.1. The number of ether oxygens (including phenoxy) is 1. The molecular formula is C28H32F4N8O4. The minimum absolute atomic E-state index is 0.0718. The zero-order valence-electron chi connectivity index (χ0n) is 24.1. The lowest BCUT2D eigenvalue weighted by Gasteiger charge is -2.56. The van der Waals surface area contributed by atoms with Crippen molar-refractivity contribution in [3.8, 4) is 17.1 Å². The fourth-order valence-electron chi connectivity index (χ4n) is 6.38. The third-order valence-corrected chi connectivity index (χ3v) is 8.99. The highest BCUT2D eigenvalue weighted by atomic mass is 19.4. The van der Waals surface area contributed by atoms with Crippen LogP contribution in [0.25, 0.3) is 16.8 Å². The van der Waals surface area contributed by atoms with Crippen molar-refractivity contribution in [2.45, 2.75) is 56.7 Å². The number of hydrogen-bond donors (Lipinski definition) is 3. The Morgan fingerprint density at radius 3 is 2.57 bits per heavy atom. The molecular weight excluding hydrogens is 588 g/mol. The zero-order valence-corrected chi connectivity index (χ0v) is 24.1. The number of alkyl halides is 4. The van der Waals surface area contributed by atoms with E-state index in [-0.39, 0.29) is 11.4 Å². The van der Waals surface area contributed by atoms with Gasteiger partial charge in [-0.3, -0.25) is 14.5 Å². The lowest BCUT2D eigenvalue weighted by Crippen LogP contribution is -2.58. The molecule has 0 bridgehead atoms. The van der Waals surface area contributed by atoms with Gasteiger partial charge in [-0.1, -0.05) is 6.42 Å². The van der Waals surface area contributed by atoms with Crippen LogP contribution >= 0.6 is 0 Å². The topological polar surface area (TPSA) is 151 Å². The molecule has 16 heteroatoms. The first kappa shape index (κ1) is 30.0. The van der Waals surface area contributed by atoms with Gasteiger partial charge in [0.05, 0.1) is 25.4 Å². The second-order valence-electron chi connectivity index (χ2n) is 12.1. The summed E-state index contributed by atoms with van der Waals surface area (Å²) in [6.45, 7) is 1.65. The first-order chi connectivity index (χ1) is 20.7. The number of likely N-dealkylation sites (tertiary alicyclic amines) is 2. The summed E-state index contributed by atoms with van der Waals surface area (Å²) in [5, 5.41) is 16.6. The average molecular weight is 621 g/mol. The number of halogens is 4. The Balaban J connectivity index is 1.24. The number of pyridine rings is 1. The maximum Gasteiger partial charge on any atom is 0.426 e. The third-order valence-electron chi connectivity index (χ3n) is 8.99. The molecule has 3 aliphatic rings. The second kappa shape index (κ2) is 10.5. The Kier molecular flexibility index (Phi) is 7.19. The van der Waals surface area contributed by atoms with Crippen LogP contribution in [0.5, 0.6) is 5.88 Å². The van der Waals surface area contributed by atoms with Gasteiger partial charge in [0.1, 0.15) is 23.6 Å². The number of amides is 2. The molecule has 0 aromatic carbocycles. The average Bonchev–Trinajstić information content (AvgIpc) is 3.48. The number of nitrogens with two attached hydrogens (primary N) is 1. The van der Waals surface area contributed by atoms with E-state index in [0.29, 0.717) is 46.4 Å². The number of nitrogen functional groups attached to an aromatic ring is 1. The van der Waals surface area contributed by atoms with Crippen molar-refractivity contribution in [3.05, 3.63) is 35.8 Å². The van der Waals surface area contributed by atoms with E-state index in [1.54, 1.807) is 4.52 Å². The van der Waals surface area contributed by atoms with Crippen LogP contribution in [0.15, 0.2) is 24.7 Å². The molecule has 1 aliphatic carbocycles. The summed E-state index contributed by atoms with van der Waals surface area (Å²) in [5.74, 6) is -2.31. The Labute approximate surface area is 249 Å². The van der Waals surface area contributed by atoms with Crippen molar-refractivity contribution in [1.29, 1.82) is 0 Å². The summed E-state index contributed by atoms with van der Waals surface area (Å²) in [6, 6.07) is 2.05. The van der Waals surface area contributed by atoms with Crippen molar-refractivity contribution >= 4 is 23.1 Å². The van der Waals surface area contributed by atoms with Crippen LogP contribution in [0.2, 0.25) is 0 Å². The van der Waals surface area contributed by atoms with Gasteiger partial charge in [0.2, 0.25) is 11.5 Å². The van der Waals surface area contributed by atoms with Crippen LogP contribution in [0.3, 0.4) is 0 Å². The number of fused-ring (bicyclic) bond motifs is 1. The minimum atomic E-state index is -5.26. The van der Waals surface area contributed by atoms with Gasteiger partial charge >= 0.3 is 6.18 Å². The summed E-state index contributed by atoms with van der Waals surface area (Å²) in [6.07, 6.45) is -0.596. The fourth-order valence-corrected chi connectivity index (χ4v) is 6.38. The number of nitrogens with one attached hydrogen (secondary N) is 1. The van der Waals surface area contributed by atoms with Crippen LogP contribution < -0.4 is 15.8 Å². The lowest BCUT2D eigenvalue weighted by atomic mass is 9.63. The standard InChI is InChI=1S/C28H32F4N8O4/c1-26(43,28(30,31)32)25(42)39-10-18(29)19(11-39)37-23(41)17-6-15(8-34-24(17)44-2)20-7-16(21-22(33)35-14-36-40(20)21)9-38-12-27(13-38)4-3-5-27/h6-8,14,18-19,43H,3-5,9-13H2,1-2H3,(H,37,41)(H2,33,35,36)/t18-,19+,26?/m0/s1. The minimum Gasteiger partial charge on any atom is -0.480 e. The molecule has 236 valence electrons. The number of anilines is 1. The van der Waals surface area contributed by atoms with Crippen molar-refractivity contribution in [2.75, 3.05) is 39.0 Å². The van der Waals surface area contributed by atoms with Crippen LogP contribution in [-0.4, -0.2) is 104 Å². The maximum atomic E-state index is 14.9. The highest BCUT2D eigenvalue weighted by Crippen LogP contribution is 2.48. The summed E-state index contributed by atoms with van der Waals surface area (Å²) >= 11 is 0. The van der Waals surface area contributed by atoms with Crippen molar-refractivity contribution < 1.29 is 37.0 Å². The molecule has 4 N–H and O–H groups in total. The molecule has 1 unspecified atom stereocenters. The van der Waals surface area contributed by atoms with Gasteiger partial charge in [-0.05, 0) is 42.9 Å². The van der Waals surface area contributed by atoms with Gasteiger partial charge in [-0.25, -0.2) is 18.9 Å². The van der Waals surface area contributed by atoms with Crippen LogP contribution in [0.4, 0.5) is 23.4 Å². The maximum absolute atomic E-state index is 14.9. The van der Waals surface area contributed by atoms with E-state index in [4.69, 9.17) is 10.5 Å². The highest BCUT2D eigenvalue weighted by molar-refractivity contribution is 5.98. The van der Waals surface area contributed by atoms with E-state index in [0.717, 1.165) is 18.7 Å². The molecule has 3 aromatic rings. The molecule has 2 aliphatic heterocycles. The van der Waals surface area contributed by atoms with E-state index in [2.05, 4.69) is 25.3 Å². The molecule has 3 atom stereocenters. The number of nitrogens with zero attached hydrogens (tertiary/aromatic N) is 6. The molecule has 5 heterocycles. The van der Waals surface area contributed by atoms with Gasteiger partial charge in [0.25, 0.3) is 11.8 Å². The zero-order chi connectivity index (χ0) is 31.6. The predicted octanol–water partition coefficient (Wildman–Crippen LogP) is 1.96. The molecule has 6 rings (SSSR count). The van der Waals surface area contributed by atoms with Crippen LogP contribution in [0, 0.1) is 5.41 Å². The monoisotopic (exact) mass is 620 g/mol. The van der Waals surface area contributed by atoms with E-state index in [1.807, 2.05) is 6.07 Å². The molecule has 2 amide bonds. The Morgan fingerprint density at radius 1 is 1.20 bits per heavy atom. The molecule has 12 nitrogen and oxygen atoms in total. The van der Waals surface area contributed by atoms with Gasteiger partial charge in [-0.15, -0.1) is 0 Å². The Morgan fingerprint density at radius 2 is 1.93 bits per heavy atom. The third kappa shape index (κ3) is 4.99. The largest absolute Gasteiger partial charge is 0.480 e. The molecule has 3 aromatic heterocycles. The normalized spacial score (nSPS) is 22.8. The summed E-state index contributed by atoms with van der Waals surface area (Å²) < 4.78 is 61.3. The molecule has 44 heavy (non-hydrogen) atoms. The van der Waals surface area contributed by atoms with Crippen molar-refractivity contribution in [3.63, 3.8) is 0 Å². The van der Waals surface area contributed by atoms with E-state index in [1.165, 1.54) is 45.0 Å². The van der Waals surface area contributed by atoms with Crippen molar-refractivity contribution in [2.24, 2.45) is 5.41 Å². The van der Waals surface area contributed by atoms with Crippen molar-refractivity contribution in [1.82, 2.24) is 34.7 Å². The smallest absolute Gasteiger partial charge is 0.426 e. The molecule has 3 fully saturated rings. The quantitative estimate of drug-likeness (QED) is 0.337. The summed E-state index contributed by atoms with van der Waals surface area (Å²) in [5.41, 5.74) is 5.48. The predicted molar refractivity (Wildman–Crippen MR) is 148 cm³/mol. The number of aromatic nitrogens is 4. The molecule has 0 radical (unpaired) electrons. The number of rotatable bonds is 7. The SMILES string of the molecule is COc1ncc(-c2cc(CN3CC4(CCC4)C3)c3c(N)ncnn23)cc1C(=O)N[C@@H]1CN(C(=O)C(C)(O)C(F)(F)F)C[C@@H]1F. The van der Waals surface area contributed by atoms with Gasteiger partial charge < -0.3 is 25.8 Å². The van der Waals surface area contributed by atoms with Gasteiger partial charge in [0.15, 0.2) is 5.82 Å². The number of carbonyl (C=O) groups is 2. The van der Waals surface area contributed by atoms with Crippen LogP contribution in [0.1, 0.15) is 42.1 Å². The molecule has 1 spiro atoms. The van der Waals surface area contributed by atoms with Gasteiger partial charge in [-0.2, -0.15) is 18.3 Å². The Bertz CT molecular complexity index is 1610. The lowest BCUT2D eigenvalue weighted by molar-refractivity contribution is -0.249. The fraction of sp³-hybridized carbons (Fsp3) is 0.536. The van der Waals surface area contributed by atoms with Gasteiger partial charge in [0, 0.05) is 37.9 Å². The van der Waals surface area contributed by atoms with E-state index < -0.39 is 48.9 Å². The molecule has 2 saturated heterocycles. The first-order valence-corrected chi connectivity index (χ1v) is 14.1. The van der Waals surface area contributed by atoms with E-state index >= 15 is 0 Å². The number of methoxy groups -OCH3 is 1. The number of carbonyl (C=O) groups excluding carboxylic acids is 2. The summed E-state index contributed by atoms with van der Waals surface area (Å²) in [7, 11) is 1.30. The molecule has 1 saturated carbocycles. The summed E-state index contributed by atoms with van der Waals surface area (Å²) in [4.78, 5) is 37.0. The second-order valence-corrected chi connectivity index (χ2v) is 12.1.